The van der Waals surface area contributed by atoms with Crippen molar-refractivity contribution in [3.63, 3.8) is 0 Å². The largest absolute Gasteiger partial charge is 0.367 e. The monoisotopic (exact) mass is 264 g/mol. The number of anilines is 1. The van der Waals surface area contributed by atoms with Crippen LogP contribution in [0.15, 0.2) is 48.8 Å². The lowest BCUT2D eigenvalue weighted by Crippen LogP contribution is -2.27. The summed E-state index contributed by atoms with van der Waals surface area (Å²) in [5.74, 6) is 0.957. The summed E-state index contributed by atoms with van der Waals surface area (Å²) in [5.41, 5.74) is 2.92. The molecule has 0 amide bonds. The Morgan fingerprint density at radius 2 is 2.05 bits per heavy atom. The molecule has 0 aromatic carbocycles. The van der Waals surface area contributed by atoms with Gasteiger partial charge in [-0.2, -0.15) is 0 Å². The molecule has 1 aliphatic rings. The lowest BCUT2D eigenvalue weighted by molar-refractivity contribution is 0.444. The minimum atomic E-state index is 0.597. The Hall–Kier alpha value is -2.36. The zero-order valence-electron chi connectivity index (χ0n) is 11.2. The molecule has 1 saturated carbocycles. The minimum absolute atomic E-state index is 0.597. The molecule has 0 radical (unpaired) electrons. The van der Waals surface area contributed by atoms with Crippen LogP contribution in [0.25, 0.3) is 17.0 Å². The Kier molecular flexibility index (Phi) is 2.66. The second-order valence-electron chi connectivity index (χ2n) is 5.25. The van der Waals surface area contributed by atoms with Crippen molar-refractivity contribution in [3.05, 3.63) is 48.8 Å². The highest BCUT2D eigenvalue weighted by Gasteiger charge is 2.17. The Morgan fingerprint density at radius 3 is 2.90 bits per heavy atom. The number of hydrogen-bond acceptors (Lipinski definition) is 3. The van der Waals surface area contributed by atoms with Gasteiger partial charge in [-0.3, -0.25) is 4.40 Å². The van der Waals surface area contributed by atoms with Gasteiger partial charge in [-0.1, -0.05) is 12.1 Å². The molecular weight excluding hydrogens is 248 g/mol. The van der Waals surface area contributed by atoms with Crippen molar-refractivity contribution in [2.45, 2.75) is 25.3 Å². The molecular formula is C16H16N4. The second kappa shape index (κ2) is 4.63. The van der Waals surface area contributed by atoms with Gasteiger partial charge in [0.1, 0.15) is 11.5 Å². The van der Waals surface area contributed by atoms with Crippen molar-refractivity contribution in [2.24, 2.45) is 0 Å². The number of imidazole rings is 1. The van der Waals surface area contributed by atoms with Crippen LogP contribution in [0.2, 0.25) is 0 Å². The van der Waals surface area contributed by atoms with Crippen LogP contribution < -0.4 is 5.32 Å². The van der Waals surface area contributed by atoms with E-state index in [0.717, 1.165) is 22.9 Å². The molecule has 4 nitrogen and oxygen atoms in total. The summed E-state index contributed by atoms with van der Waals surface area (Å²) in [7, 11) is 0. The number of nitrogens with one attached hydrogen (secondary N) is 1. The number of aromatic nitrogens is 3. The molecule has 20 heavy (non-hydrogen) atoms. The third-order valence-corrected chi connectivity index (χ3v) is 3.89. The van der Waals surface area contributed by atoms with Crippen molar-refractivity contribution in [1.29, 1.82) is 0 Å². The third-order valence-electron chi connectivity index (χ3n) is 3.89. The lowest BCUT2D eigenvalue weighted by Gasteiger charge is -2.27. The first-order chi connectivity index (χ1) is 9.90. The number of rotatable bonds is 3. The maximum atomic E-state index is 4.72. The van der Waals surface area contributed by atoms with Crippen molar-refractivity contribution < 1.29 is 0 Å². The van der Waals surface area contributed by atoms with E-state index in [2.05, 4.69) is 14.7 Å². The Morgan fingerprint density at radius 1 is 1.10 bits per heavy atom. The van der Waals surface area contributed by atoms with Gasteiger partial charge in [0, 0.05) is 12.2 Å². The highest BCUT2D eigenvalue weighted by atomic mass is 15.1. The van der Waals surface area contributed by atoms with Crippen LogP contribution in [-0.4, -0.2) is 20.4 Å². The normalized spacial score (nSPS) is 15.2. The molecule has 1 fully saturated rings. The van der Waals surface area contributed by atoms with Crippen molar-refractivity contribution >= 4 is 11.5 Å². The average molecular weight is 264 g/mol. The first-order valence-corrected chi connectivity index (χ1v) is 7.06. The van der Waals surface area contributed by atoms with Crippen LogP contribution in [-0.2, 0) is 0 Å². The van der Waals surface area contributed by atoms with Crippen molar-refractivity contribution in [3.8, 4) is 11.4 Å². The van der Waals surface area contributed by atoms with Gasteiger partial charge in [0.05, 0.1) is 17.6 Å². The molecule has 0 aliphatic heterocycles. The van der Waals surface area contributed by atoms with E-state index in [4.69, 9.17) is 4.98 Å². The molecule has 1 aliphatic carbocycles. The third kappa shape index (κ3) is 1.93. The van der Waals surface area contributed by atoms with Gasteiger partial charge in [0.25, 0.3) is 0 Å². The summed E-state index contributed by atoms with van der Waals surface area (Å²) in [4.78, 5) is 9.13. The van der Waals surface area contributed by atoms with E-state index < -0.39 is 0 Å². The van der Waals surface area contributed by atoms with Gasteiger partial charge in [-0.25, -0.2) is 9.97 Å². The molecule has 4 heteroatoms. The van der Waals surface area contributed by atoms with Gasteiger partial charge in [-0.05, 0) is 43.5 Å². The van der Waals surface area contributed by atoms with E-state index in [1.807, 2.05) is 48.8 Å². The average Bonchev–Trinajstić information content (AvgIpc) is 2.87. The zero-order chi connectivity index (χ0) is 13.4. The molecule has 3 aromatic heterocycles. The van der Waals surface area contributed by atoms with E-state index in [0.29, 0.717) is 6.04 Å². The van der Waals surface area contributed by atoms with E-state index >= 15 is 0 Å². The number of hydrogen-bond donors (Lipinski definition) is 1. The topological polar surface area (TPSA) is 42.2 Å². The van der Waals surface area contributed by atoms with Crippen LogP contribution >= 0.6 is 0 Å². The van der Waals surface area contributed by atoms with Crippen LogP contribution in [0.5, 0.6) is 0 Å². The van der Waals surface area contributed by atoms with Gasteiger partial charge in [0.15, 0.2) is 0 Å². The van der Waals surface area contributed by atoms with E-state index in [-0.39, 0.29) is 0 Å². The highest BCUT2D eigenvalue weighted by molar-refractivity contribution is 5.61. The van der Waals surface area contributed by atoms with E-state index in [1.165, 1.54) is 19.3 Å². The van der Waals surface area contributed by atoms with Crippen LogP contribution in [0.3, 0.4) is 0 Å². The number of fused-ring (bicyclic) bond motifs is 1. The zero-order valence-corrected chi connectivity index (χ0v) is 11.2. The van der Waals surface area contributed by atoms with Gasteiger partial charge in [0.2, 0.25) is 0 Å². The summed E-state index contributed by atoms with van der Waals surface area (Å²) in [6.45, 7) is 0. The van der Waals surface area contributed by atoms with Gasteiger partial charge < -0.3 is 5.32 Å². The van der Waals surface area contributed by atoms with Crippen LogP contribution in [0.4, 0.5) is 5.82 Å². The Balaban J connectivity index is 1.72. The molecule has 0 spiro atoms. The van der Waals surface area contributed by atoms with Crippen molar-refractivity contribution in [2.75, 3.05) is 5.32 Å². The summed E-state index contributed by atoms with van der Waals surface area (Å²) >= 11 is 0. The molecule has 3 aromatic rings. The molecule has 0 saturated heterocycles. The first-order valence-electron chi connectivity index (χ1n) is 7.06. The summed E-state index contributed by atoms with van der Waals surface area (Å²) in [6.07, 6.45) is 7.73. The van der Waals surface area contributed by atoms with Crippen LogP contribution in [0.1, 0.15) is 19.3 Å². The number of nitrogens with zero attached hydrogens (tertiary/aromatic N) is 3. The summed E-state index contributed by atoms with van der Waals surface area (Å²) < 4.78 is 2.06. The number of pyridine rings is 2. The standard InChI is InChI=1S/C16H16N4/c1-2-10-20-14(11-17-16(20)9-1)13-7-4-8-15(19-13)18-12-5-3-6-12/h1-2,4,7-12H,3,5-6H2,(H,18,19). The van der Waals surface area contributed by atoms with Gasteiger partial charge >= 0.3 is 0 Å². The summed E-state index contributed by atoms with van der Waals surface area (Å²) in [5, 5.41) is 3.49. The fourth-order valence-electron chi connectivity index (χ4n) is 2.54. The smallest absolute Gasteiger partial charge is 0.137 e. The maximum Gasteiger partial charge on any atom is 0.137 e. The molecule has 0 atom stereocenters. The van der Waals surface area contributed by atoms with E-state index in [9.17, 15) is 0 Å². The summed E-state index contributed by atoms with van der Waals surface area (Å²) in [6, 6.07) is 12.7. The SMILES string of the molecule is c1cc(NC2CCC2)nc(-c2cnc3ccccn23)c1. The predicted octanol–water partition coefficient (Wildman–Crippen LogP) is 3.36. The quantitative estimate of drug-likeness (QED) is 0.788. The fourth-order valence-corrected chi connectivity index (χ4v) is 2.54. The Bertz CT molecular complexity index is 743. The minimum Gasteiger partial charge on any atom is -0.367 e. The van der Waals surface area contributed by atoms with Crippen LogP contribution in [0, 0.1) is 0 Å². The highest BCUT2D eigenvalue weighted by Crippen LogP contribution is 2.24. The molecule has 3 heterocycles. The van der Waals surface area contributed by atoms with Gasteiger partial charge in [-0.15, -0.1) is 0 Å². The molecule has 100 valence electrons. The lowest BCUT2D eigenvalue weighted by atomic mass is 9.93. The Labute approximate surface area is 117 Å². The van der Waals surface area contributed by atoms with Crippen molar-refractivity contribution in [1.82, 2.24) is 14.4 Å². The maximum absolute atomic E-state index is 4.72. The van der Waals surface area contributed by atoms with E-state index in [1.54, 1.807) is 0 Å². The molecule has 0 unspecified atom stereocenters. The fraction of sp³-hybridized carbons (Fsp3) is 0.250. The predicted molar refractivity (Wildman–Crippen MR) is 79.7 cm³/mol. The second-order valence-corrected chi connectivity index (χ2v) is 5.25. The molecule has 4 rings (SSSR count). The molecule has 0 bridgehead atoms. The first kappa shape index (κ1) is 11.5. The molecule has 1 N–H and O–H groups in total.